The van der Waals surface area contributed by atoms with Crippen LogP contribution in [0.2, 0.25) is 5.02 Å². The molecule has 1 aliphatic heterocycles. The van der Waals surface area contributed by atoms with Crippen molar-refractivity contribution in [1.82, 2.24) is 5.32 Å². The fourth-order valence-electron chi connectivity index (χ4n) is 3.97. The van der Waals surface area contributed by atoms with E-state index in [1.165, 1.54) is 7.11 Å². The molecule has 3 aromatic carbocycles. The number of hydrogen-bond donors (Lipinski definition) is 2. The number of rotatable bonds is 8. The number of halogens is 3. The van der Waals surface area contributed by atoms with Gasteiger partial charge in [-0.2, -0.15) is 0 Å². The Morgan fingerprint density at radius 2 is 1.76 bits per heavy atom. The summed E-state index contributed by atoms with van der Waals surface area (Å²) in [4.78, 5) is 42.2. The van der Waals surface area contributed by atoms with Crippen LogP contribution < -0.4 is 10.6 Å². The van der Waals surface area contributed by atoms with Gasteiger partial charge in [-0.15, -0.1) is 0 Å². The highest BCUT2D eigenvalue weighted by Crippen LogP contribution is 2.34. The molecule has 3 aromatic rings. The van der Waals surface area contributed by atoms with E-state index in [2.05, 4.69) is 15.8 Å². The van der Waals surface area contributed by atoms with Crippen LogP contribution >= 0.6 is 34.8 Å². The first-order chi connectivity index (χ1) is 18.3. The van der Waals surface area contributed by atoms with Crippen molar-refractivity contribution >= 4 is 64.0 Å². The molecule has 0 radical (unpaired) electrons. The Morgan fingerprint density at radius 3 is 2.47 bits per heavy atom. The Balaban J connectivity index is 1.56. The number of amides is 2. The van der Waals surface area contributed by atoms with Gasteiger partial charge in [0, 0.05) is 17.7 Å². The predicted octanol–water partition coefficient (Wildman–Crippen LogP) is 5.59. The summed E-state index contributed by atoms with van der Waals surface area (Å²) in [5, 5.41) is 9.86. The van der Waals surface area contributed by atoms with Crippen LogP contribution in [0.5, 0.6) is 0 Å². The fraction of sp³-hybridized carbons (Fsp3) is 0.185. The van der Waals surface area contributed by atoms with Crippen molar-refractivity contribution in [3.63, 3.8) is 0 Å². The van der Waals surface area contributed by atoms with Crippen LogP contribution in [0.1, 0.15) is 45.6 Å². The number of nitrogens with zero attached hydrogens (tertiary/aromatic N) is 1. The van der Waals surface area contributed by atoms with Gasteiger partial charge in [0.15, 0.2) is 17.0 Å². The smallest absolute Gasteiger partial charge is 0.333 e. The molecule has 0 aliphatic carbocycles. The molecule has 0 saturated carbocycles. The highest BCUT2D eigenvalue weighted by Gasteiger charge is 2.31. The van der Waals surface area contributed by atoms with Crippen LogP contribution in [0, 0.1) is 0 Å². The third-order valence-corrected chi connectivity index (χ3v) is 6.50. The Kier molecular flexibility index (Phi) is 8.89. The number of carbonyl (C=O) groups is 3. The Labute approximate surface area is 233 Å². The molecule has 2 unspecified atom stereocenters. The number of ether oxygens (including phenoxy) is 1. The van der Waals surface area contributed by atoms with E-state index in [0.717, 1.165) is 5.56 Å². The summed E-state index contributed by atoms with van der Waals surface area (Å²) in [6, 6.07) is 19.6. The van der Waals surface area contributed by atoms with Gasteiger partial charge >= 0.3 is 5.97 Å². The minimum absolute atomic E-state index is 0.224. The van der Waals surface area contributed by atoms with Gasteiger partial charge < -0.3 is 20.2 Å². The number of benzene rings is 3. The van der Waals surface area contributed by atoms with E-state index in [4.69, 9.17) is 44.4 Å². The average Bonchev–Trinajstić information content (AvgIpc) is 3.41. The van der Waals surface area contributed by atoms with Crippen LogP contribution in [0.4, 0.5) is 5.69 Å². The number of methoxy groups -OCH3 is 1. The summed E-state index contributed by atoms with van der Waals surface area (Å²) < 4.78 is 4.90. The van der Waals surface area contributed by atoms with Gasteiger partial charge in [0.1, 0.15) is 0 Å². The Bertz CT molecular complexity index is 1380. The third-order valence-electron chi connectivity index (χ3n) is 5.79. The molecule has 1 aliphatic rings. The summed E-state index contributed by atoms with van der Waals surface area (Å²) in [5.41, 5.74) is 2.86. The highest BCUT2D eigenvalue weighted by molar-refractivity contribution is 6.54. The number of oxime groups is 1. The summed E-state index contributed by atoms with van der Waals surface area (Å²) in [6.07, 6.45) is -0.197. The zero-order chi connectivity index (χ0) is 27.2. The Morgan fingerprint density at radius 1 is 1.03 bits per heavy atom. The molecule has 2 atom stereocenters. The maximum atomic E-state index is 13.4. The molecule has 0 spiro atoms. The quantitative estimate of drug-likeness (QED) is 0.269. The van der Waals surface area contributed by atoms with E-state index in [-0.39, 0.29) is 5.56 Å². The minimum Gasteiger partial charge on any atom is -0.467 e. The van der Waals surface area contributed by atoms with Gasteiger partial charge in [0.2, 0.25) is 0 Å². The first kappa shape index (κ1) is 27.4. The van der Waals surface area contributed by atoms with Crippen molar-refractivity contribution in [3.8, 4) is 0 Å². The van der Waals surface area contributed by atoms with Crippen LogP contribution in [0.15, 0.2) is 78.0 Å². The normalized spacial score (nSPS) is 15.3. The Hall–Kier alpha value is -3.59. The zero-order valence-electron chi connectivity index (χ0n) is 20.0. The molecular formula is C27H22Cl3N3O5. The van der Waals surface area contributed by atoms with Crippen molar-refractivity contribution in [2.75, 3.05) is 12.4 Å². The topological polar surface area (TPSA) is 106 Å². The molecule has 38 heavy (non-hydrogen) atoms. The number of anilines is 1. The lowest BCUT2D eigenvalue weighted by atomic mass is 9.95. The van der Waals surface area contributed by atoms with Crippen molar-refractivity contribution in [2.45, 2.75) is 23.4 Å². The monoisotopic (exact) mass is 573 g/mol. The maximum absolute atomic E-state index is 13.4. The van der Waals surface area contributed by atoms with E-state index in [0.29, 0.717) is 34.0 Å². The van der Waals surface area contributed by atoms with Crippen molar-refractivity contribution in [3.05, 3.63) is 100 Å². The third kappa shape index (κ3) is 6.27. The van der Waals surface area contributed by atoms with E-state index < -0.39 is 34.8 Å². The first-order valence-corrected chi connectivity index (χ1v) is 12.7. The fourth-order valence-corrected chi connectivity index (χ4v) is 4.37. The number of alkyl halides is 2. The minimum atomic E-state index is -1.21. The van der Waals surface area contributed by atoms with Gasteiger partial charge in [-0.1, -0.05) is 88.5 Å². The highest BCUT2D eigenvalue weighted by atomic mass is 35.5. The second-order valence-electron chi connectivity index (χ2n) is 8.25. The second kappa shape index (κ2) is 12.3. The number of esters is 1. The lowest BCUT2D eigenvalue weighted by Gasteiger charge is -2.18. The first-order valence-electron chi connectivity index (χ1n) is 11.4. The lowest BCUT2D eigenvalue weighted by molar-refractivity contribution is -0.143. The zero-order valence-corrected chi connectivity index (χ0v) is 22.3. The summed E-state index contributed by atoms with van der Waals surface area (Å²) >= 11 is 17.8. The van der Waals surface area contributed by atoms with Crippen LogP contribution in [0.25, 0.3) is 0 Å². The predicted molar refractivity (Wildman–Crippen MR) is 146 cm³/mol. The summed E-state index contributed by atoms with van der Waals surface area (Å²) in [6.45, 7) is 0. The number of nitrogens with one attached hydrogen (secondary N) is 2. The molecule has 1 heterocycles. The molecule has 2 N–H and O–H groups in total. The number of hydrogen-bond acceptors (Lipinski definition) is 6. The largest absolute Gasteiger partial charge is 0.467 e. The summed E-state index contributed by atoms with van der Waals surface area (Å²) in [5.74, 6) is -1.70. The standard InChI is InChI=1S/C27H22Cl3N3O5/c1-37-27(36)23(15-7-3-2-4-8-15)32-25(34)18-11-6-12-19(28)22(18)20-14-21(38-33-20)16-9-5-10-17(13-16)31-26(35)24(29)30/h2-13,21,23-24H,14H2,1H3,(H,31,35)(H,32,34). The SMILES string of the molecule is COC(=O)C(NC(=O)c1cccc(Cl)c1C1=NOC(c2cccc(NC(=O)C(Cl)Cl)c2)C1)c1ccccc1. The van der Waals surface area contributed by atoms with Crippen LogP contribution in [-0.2, 0) is 19.2 Å². The van der Waals surface area contributed by atoms with Crippen molar-refractivity contribution in [1.29, 1.82) is 0 Å². The molecule has 8 nitrogen and oxygen atoms in total. The van der Waals surface area contributed by atoms with Gasteiger partial charge in [0.25, 0.3) is 11.8 Å². The second-order valence-corrected chi connectivity index (χ2v) is 9.76. The maximum Gasteiger partial charge on any atom is 0.333 e. The molecule has 0 fully saturated rings. The van der Waals surface area contributed by atoms with E-state index in [1.54, 1.807) is 66.7 Å². The molecular weight excluding hydrogens is 553 g/mol. The molecule has 0 bridgehead atoms. The van der Waals surface area contributed by atoms with Gasteiger partial charge in [-0.05, 0) is 35.4 Å². The molecule has 0 aromatic heterocycles. The summed E-state index contributed by atoms with van der Waals surface area (Å²) in [7, 11) is 1.25. The molecule has 4 rings (SSSR count). The van der Waals surface area contributed by atoms with E-state index in [1.807, 2.05) is 6.07 Å². The van der Waals surface area contributed by atoms with Gasteiger partial charge in [-0.25, -0.2) is 4.79 Å². The van der Waals surface area contributed by atoms with Gasteiger partial charge in [-0.3, -0.25) is 9.59 Å². The lowest BCUT2D eigenvalue weighted by Crippen LogP contribution is -2.35. The average molecular weight is 575 g/mol. The van der Waals surface area contributed by atoms with E-state index in [9.17, 15) is 14.4 Å². The molecule has 0 saturated heterocycles. The van der Waals surface area contributed by atoms with Crippen LogP contribution in [-0.4, -0.2) is 35.4 Å². The van der Waals surface area contributed by atoms with Crippen molar-refractivity contribution < 1.29 is 24.0 Å². The number of carbonyl (C=O) groups excluding carboxylic acids is 3. The van der Waals surface area contributed by atoms with Gasteiger partial charge in [0.05, 0.1) is 23.4 Å². The molecule has 196 valence electrons. The van der Waals surface area contributed by atoms with E-state index >= 15 is 0 Å². The van der Waals surface area contributed by atoms with Crippen molar-refractivity contribution in [2.24, 2.45) is 5.16 Å². The molecule has 11 heteroatoms. The van der Waals surface area contributed by atoms with Crippen LogP contribution in [0.3, 0.4) is 0 Å². The molecule has 2 amide bonds.